The van der Waals surface area contributed by atoms with E-state index in [-0.39, 0.29) is 59.2 Å². The van der Waals surface area contributed by atoms with Crippen molar-refractivity contribution in [2.24, 2.45) is 0 Å². The number of hydrogen-bond donors (Lipinski definition) is 1. The van der Waals surface area contributed by atoms with Crippen LogP contribution in [0.15, 0.2) is 47.4 Å². The van der Waals surface area contributed by atoms with Crippen molar-refractivity contribution in [3.63, 3.8) is 0 Å². The van der Waals surface area contributed by atoms with Gasteiger partial charge in [-0.2, -0.15) is 14.1 Å². The minimum atomic E-state index is -4.15. The van der Waals surface area contributed by atoms with Crippen LogP contribution in [0.25, 0.3) is 5.69 Å². The lowest BCUT2D eigenvalue weighted by Gasteiger charge is -2.18. The van der Waals surface area contributed by atoms with Gasteiger partial charge < -0.3 is 14.8 Å². The maximum absolute atomic E-state index is 14.2. The van der Waals surface area contributed by atoms with Gasteiger partial charge in [-0.1, -0.05) is 6.07 Å². The molecule has 0 bridgehead atoms. The van der Waals surface area contributed by atoms with Gasteiger partial charge in [0.1, 0.15) is 16.5 Å². The van der Waals surface area contributed by atoms with Gasteiger partial charge in [0, 0.05) is 43.9 Å². The molecule has 12 nitrogen and oxygen atoms in total. The maximum atomic E-state index is 14.2. The summed E-state index contributed by atoms with van der Waals surface area (Å²) in [6.07, 6.45) is 2.95. The molecule has 2 fully saturated rings. The molecule has 2 aromatic carbocycles. The second-order valence-corrected chi connectivity index (χ2v) is 11.5. The van der Waals surface area contributed by atoms with Crippen LogP contribution in [0.2, 0.25) is 0 Å². The van der Waals surface area contributed by atoms with E-state index < -0.39 is 32.4 Å². The zero-order valence-electron chi connectivity index (χ0n) is 21.7. The van der Waals surface area contributed by atoms with Crippen molar-refractivity contribution in [3.05, 3.63) is 69.7 Å². The number of aromatic nitrogens is 2. The summed E-state index contributed by atoms with van der Waals surface area (Å²) in [5, 5.41) is 18.7. The Labute approximate surface area is 229 Å². The van der Waals surface area contributed by atoms with E-state index in [4.69, 9.17) is 9.47 Å². The second-order valence-electron chi connectivity index (χ2n) is 9.62. The van der Waals surface area contributed by atoms with Crippen molar-refractivity contribution in [1.82, 2.24) is 19.4 Å². The number of nitro benzene ring substituents is 1. The van der Waals surface area contributed by atoms with Gasteiger partial charge in [0.25, 0.3) is 11.6 Å². The van der Waals surface area contributed by atoms with Crippen LogP contribution in [0.5, 0.6) is 11.6 Å². The summed E-state index contributed by atoms with van der Waals surface area (Å²) < 4.78 is 55.3. The van der Waals surface area contributed by atoms with Crippen molar-refractivity contribution < 1.29 is 32.0 Å². The van der Waals surface area contributed by atoms with Crippen molar-refractivity contribution in [2.75, 3.05) is 26.2 Å². The van der Waals surface area contributed by atoms with Crippen LogP contribution < -0.4 is 10.1 Å². The molecule has 40 heavy (non-hydrogen) atoms. The summed E-state index contributed by atoms with van der Waals surface area (Å²) in [7, 11) is -4.15. The van der Waals surface area contributed by atoms with E-state index in [1.807, 2.05) is 0 Å². The fourth-order valence-electron chi connectivity index (χ4n) is 4.76. The van der Waals surface area contributed by atoms with Crippen LogP contribution in [0.3, 0.4) is 0 Å². The molecule has 0 unspecified atom stereocenters. The second kappa shape index (κ2) is 11.3. The summed E-state index contributed by atoms with van der Waals surface area (Å²) in [4.78, 5) is 23.5. The third-order valence-electron chi connectivity index (χ3n) is 6.88. The highest BCUT2D eigenvalue weighted by Gasteiger charge is 2.33. The minimum Gasteiger partial charge on any atom is -0.437 e. The Morgan fingerprint density at radius 2 is 2.00 bits per heavy atom. The predicted octanol–water partition coefficient (Wildman–Crippen LogP) is 3.71. The number of nitrogens with zero attached hydrogens (tertiary/aromatic N) is 4. The topological polar surface area (TPSA) is 146 Å². The fraction of sp³-hybridized carbons (Fsp3) is 0.385. The summed E-state index contributed by atoms with van der Waals surface area (Å²) in [6.45, 7) is 3.03. The highest BCUT2D eigenvalue weighted by Crippen LogP contribution is 2.37. The monoisotopic (exact) mass is 573 g/mol. The first-order valence-electron chi connectivity index (χ1n) is 12.9. The summed E-state index contributed by atoms with van der Waals surface area (Å²) in [6, 6.07) is 8.71. The lowest BCUT2D eigenvalue weighted by atomic mass is 10.2. The number of rotatable bonds is 9. The van der Waals surface area contributed by atoms with Crippen LogP contribution in [0, 0.1) is 22.9 Å². The van der Waals surface area contributed by atoms with Gasteiger partial charge in [-0.3, -0.25) is 14.9 Å². The van der Waals surface area contributed by atoms with Crippen molar-refractivity contribution in [1.29, 1.82) is 0 Å². The average molecular weight is 574 g/mol. The van der Waals surface area contributed by atoms with Crippen molar-refractivity contribution in [3.8, 4) is 17.3 Å². The molecule has 2 saturated heterocycles. The molecular weight excluding hydrogens is 545 g/mol. The first kappa shape index (κ1) is 27.7. The van der Waals surface area contributed by atoms with Crippen LogP contribution in [-0.2, 0) is 14.8 Å². The molecule has 212 valence electrons. The number of nitro groups is 1. The van der Waals surface area contributed by atoms with Crippen molar-refractivity contribution >= 4 is 21.6 Å². The Hall–Kier alpha value is -3.88. The van der Waals surface area contributed by atoms with Crippen LogP contribution >= 0.6 is 0 Å². The van der Waals surface area contributed by atoms with Crippen molar-refractivity contribution in [2.45, 2.75) is 43.6 Å². The predicted molar refractivity (Wildman–Crippen MR) is 141 cm³/mol. The molecule has 3 heterocycles. The Morgan fingerprint density at radius 3 is 2.67 bits per heavy atom. The minimum absolute atomic E-state index is 0.0110. The molecule has 5 rings (SSSR count). The SMILES string of the molecule is Cc1c(C(=O)NC[C@@H]2CCCO2)nn(-c2cccc(F)c2)c1Oc1ccc([N+](=O)[O-])cc1S(=O)(=O)N1CCCC1. The van der Waals surface area contributed by atoms with Gasteiger partial charge in [0.15, 0.2) is 5.69 Å². The summed E-state index contributed by atoms with van der Waals surface area (Å²) >= 11 is 0. The number of amides is 1. The third kappa shape index (κ3) is 5.55. The first-order chi connectivity index (χ1) is 19.1. The highest BCUT2D eigenvalue weighted by atomic mass is 32.2. The van der Waals surface area contributed by atoms with E-state index in [9.17, 15) is 27.7 Å². The molecule has 0 saturated carbocycles. The van der Waals surface area contributed by atoms with Gasteiger partial charge in [-0.05, 0) is 56.9 Å². The number of benzene rings is 2. The number of ether oxygens (including phenoxy) is 2. The molecule has 1 atom stereocenters. The average Bonchev–Trinajstić information content (AvgIpc) is 3.71. The quantitative estimate of drug-likeness (QED) is 0.301. The highest BCUT2D eigenvalue weighted by molar-refractivity contribution is 7.89. The molecule has 2 aliphatic heterocycles. The molecule has 1 aromatic heterocycles. The Morgan fingerprint density at radius 1 is 1.23 bits per heavy atom. The molecule has 0 aliphatic carbocycles. The van der Waals surface area contributed by atoms with Gasteiger partial charge in [0.05, 0.1) is 16.7 Å². The fourth-order valence-corrected chi connectivity index (χ4v) is 6.41. The Balaban J connectivity index is 1.57. The number of carbonyl (C=O) groups is 1. The zero-order valence-corrected chi connectivity index (χ0v) is 22.5. The van der Waals surface area contributed by atoms with Crippen LogP contribution in [0.4, 0.5) is 10.1 Å². The summed E-state index contributed by atoms with van der Waals surface area (Å²) in [5.74, 6) is -1.31. The molecule has 0 spiro atoms. The van der Waals surface area contributed by atoms with Gasteiger partial charge in [0.2, 0.25) is 15.9 Å². The molecule has 3 aromatic rings. The van der Waals surface area contributed by atoms with E-state index in [0.717, 1.165) is 25.0 Å². The normalized spacial score (nSPS) is 17.7. The molecular formula is C26H28FN5O7S. The van der Waals surface area contributed by atoms with Crippen LogP contribution in [0.1, 0.15) is 41.7 Å². The largest absolute Gasteiger partial charge is 0.437 e. The summed E-state index contributed by atoms with van der Waals surface area (Å²) in [5.41, 5.74) is 0.0527. The lowest BCUT2D eigenvalue weighted by Crippen LogP contribution is -2.32. The third-order valence-corrected chi connectivity index (χ3v) is 8.80. The van der Waals surface area contributed by atoms with Crippen LogP contribution in [-0.4, -0.2) is 65.7 Å². The first-order valence-corrected chi connectivity index (χ1v) is 14.3. The zero-order chi connectivity index (χ0) is 28.4. The molecule has 1 amide bonds. The van der Waals surface area contributed by atoms with Gasteiger partial charge in [-0.15, -0.1) is 0 Å². The molecule has 2 aliphatic rings. The molecule has 14 heteroatoms. The number of hydrogen-bond acceptors (Lipinski definition) is 8. The Bertz CT molecular complexity index is 1550. The smallest absolute Gasteiger partial charge is 0.272 e. The Kier molecular flexibility index (Phi) is 7.83. The van der Waals surface area contributed by atoms with Gasteiger partial charge >= 0.3 is 0 Å². The standard InChI is InChI=1S/C26H28FN5O7S/c1-17-24(25(33)28-16-21-8-5-13-38-21)29-31(19-7-4-6-18(27)14-19)26(17)39-22-10-9-20(32(34)35)15-23(22)40(36,37)30-11-2-3-12-30/h4,6-7,9-10,14-15,21H,2-3,5,8,11-13,16H2,1H3,(H,28,33)/t21-/m0/s1. The van der Waals surface area contributed by atoms with E-state index >= 15 is 0 Å². The van der Waals surface area contributed by atoms with E-state index in [1.54, 1.807) is 13.0 Å². The molecule has 1 N–H and O–H groups in total. The number of sulfonamides is 1. The lowest BCUT2D eigenvalue weighted by molar-refractivity contribution is -0.385. The van der Waals surface area contributed by atoms with E-state index in [1.165, 1.54) is 33.3 Å². The number of non-ortho nitro benzene ring substituents is 1. The molecule has 0 radical (unpaired) electrons. The van der Waals surface area contributed by atoms with E-state index in [2.05, 4.69) is 10.4 Å². The number of halogens is 1. The van der Waals surface area contributed by atoms with Gasteiger partial charge in [-0.25, -0.2) is 12.8 Å². The van der Waals surface area contributed by atoms with E-state index in [0.29, 0.717) is 19.4 Å². The maximum Gasteiger partial charge on any atom is 0.272 e. The number of carbonyl (C=O) groups excluding carboxylic acids is 1. The number of nitrogens with one attached hydrogen (secondary N) is 1.